The van der Waals surface area contributed by atoms with Crippen LogP contribution in [-0.4, -0.2) is 17.9 Å². The van der Waals surface area contributed by atoms with Crippen LogP contribution in [0.25, 0.3) is 0 Å². The first-order valence-electron chi connectivity index (χ1n) is 2.68. The standard InChI is InChI=1S/C5H10N2O2/c1-3(7-9)5(6)4(2)8/h3,5H,6H2,1-2H3. The van der Waals surface area contributed by atoms with Gasteiger partial charge in [-0.3, -0.25) is 4.79 Å². The Balaban J connectivity index is 3.86. The third kappa shape index (κ3) is 2.32. The fourth-order valence-electron chi connectivity index (χ4n) is 0.405. The highest BCUT2D eigenvalue weighted by Gasteiger charge is 2.16. The van der Waals surface area contributed by atoms with Crippen molar-refractivity contribution in [3.05, 3.63) is 4.91 Å². The molecule has 0 radical (unpaired) electrons. The summed E-state index contributed by atoms with van der Waals surface area (Å²) in [6.45, 7) is 2.85. The van der Waals surface area contributed by atoms with Crippen molar-refractivity contribution in [2.45, 2.75) is 25.9 Å². The van der Waals surface area contributed by atoms with E-state index < -0.39 is 12.1 Å². The van der Waals surface area contributed by atoms with E-state index in [9.17, 15) is 9.70 Å². The van der Waals surface area contributed by atoms with E-state index in [2.05, 4.69) is 5.18 Å². The lowest BCUT2D eigenvalue weighted by molar-refractivity contribution is -0.118. The number of Topliss-reactive ketones (excluding diaryl/α,β-unsaturated/α-hetero) is 1. The Hall–Kier alpha value is -0.770. The lowest BCUT2D eigenvalue weighted by Crippen LogP contribution is -2.37. The molecule has 0 spiro atoms. The van der Waals surface area contributed by atoms with Gasteiger partial charge in [0, 0.05) is 0 Å². The van der Waals surface area contributed by atoms with Gasteiger partial charge in [0.05, 0.1) is 6.04 Å². The van der Waals surface area contributed by atoms with Crippen LogP contribution in [0.1, 0.15) is 13.8 Å². The van der Waals surface area contributed by atoms with Crippen molar-refractivity contribution in [2.75, 3.05) is 0 Å². The molecular formula is C5H10N2O2. The molecule has 2 N–H and O–H groups in total. The van der Waals surface area contributed by atoms with Gasteiger partial charge >= 0.3 is 0 Å². The van der Waals surface area contributed by atoms with Gasteiger partial charge in [-0.1, -0.05) is 5.18 Å². The van der Waals surface area contributed by atoms with Crippen LogP contribution in [0.15, 0.2) is 5.18 Å². The highest BCUT2D eigenvalue weighted by molar-refractivity contribution is 5.81. The predicted molar refractivity (Wildman–Crippen MR) is 33.9 cm³/mol. The maximum atomic E-state index is 10.4. The van der Waals surface area contributed by atoms with E-state index in [1.54, 1.807) is 0 Å². The van der Waals surface area contributed by atoms with E-state index in [-0.39, 0.29) is 5.78 Å². The SMILES string of the molecule is CC(=O)C(N)C(C)N=O. The molecule has 0 aliphatic heterocycles. The zero-order chi connectivity index (χ0) is 7.44. The molecule has 0 amide bonds. The topological polar surface area (TPSA) is 72.5 Å². The molecule has 0 saturated heterocycles. The maximum Gasteiger partial charge on any atom is 0.148 e. The molecule has 9 heavy (non-hydrogen) atoms. The van der Waals surface area contributed by atoms with Crippen molar-refractivity contribution in [1.29, 1.82) is 0 Å². The van der Waals surface area contributed by atoms with Crippen molar-refractivity contribution in [3.63, 3.8) is 0 Å². The summed E-state index contributed by atoms with van der Waals surface area (Å²) in [5.41, 5.74) is 5.23. The van der Waals surface area contributed by atoms with Crippen LogP contribution >= 0.6 is 0 Å². The smallest absolute Gasteiger partial charge is 0.148 e. The zero-order valence-corrected chi connectivity index (χ0v) is 5.50. The number of ketones is 1. The van der Waals surface area contributed by atoms with E-state index in [4.69, 9.17) is 5.73 Å². The number of hydrogen-bond donors (Lipinski definition) is 1. The minimum atomic E-state index is -0.734. The fraction of sp³-hybridized carbons (Fsp3) is 0.800. The number of nitroso groups, excluding NO2 is 1. The Morgan fingerprint density at radius 3 is 2.22 bits per heavy atom. The number of carbonyl (C=O) groups is 1. The maximum absolute atomic E-state index is 10.4. The molecule has 52 valence electrons. The van der Waals surface area contributed by atoms with Crippen LogP contribution in [0, 0.1) is 4.91 Å². The van der Waals surface area contributed by atoms with E-state index in [0.717, 1.165) is 0 Å². The van der Waals surface area contributed by atoms with Gasteiger partial charge in [0.15, 0.2) is 0 Å². The second kappa shape index (κ2) is 3.29. The molecule has 0 aromatic rings. The molecule has 4 heteroatoms. The van der Waals surface area contributed by atoms with Crippen molar-refractivity contribution >= 4 is 5.78 Å². The Labute approximate surface area is 53.4 Å². The Kier molecular flexibility index (Phi) is 3.01. The van der Waals surface area contributed by atoms with Gasteiger partial charge in [0.1, 0.15) is 11.8 Å². The molecule has 0 aliphatic rings. The van der Waals surface area contributed by atoms with Gasteiger partial charge in [0.25, 0.3) is 0 Å². The summed E-state index contributed by atoms with van der Waals surface area (Å²) in [5.74, 6) is -0.206. The van der Waals surface area contributed by atoms with Crippen molar-refractivity contribution in [2.24, 2.45) is 10.9 Å². The molecule has 0 saturated carbocycles. The Morgan fingerprint density at radius 1 is 1.67 bits per heavy atom. The average Bonchev–Trinajstić information content (AvgIpc) is 1.84. The van der Waals surface area contributed by atoms with E-state index in [1.165, 1.54) is 13.8 Å². The molecule has 0 fully saturated rings. The summed E-state index contributed by atoms with van der Waals surface area (Å²) in [6, 6.07) is -1.34. The second-order valence-electron chi connectivity index (χ2n) is 1.98. The molecule has 4 nitrogen and oxygen atoms in total. The number of rotatable bonds is 3. The summed E-state index contributed by atoms with van der Waals surface area (Å²) < 4.78 is 0. The summed E-state index contributed by atoms with van der Waals surface area (Å²) in [7, 11) is 0. The minimum absolute atomic E-state index is 0.206. The third-order valence-corrected chi connectivity index (χ3v) is 1.16. The molecule has 0 heterocycles. The first-order valence-corrected chi connectivity index (χ1v) is 2.68. The molecule has 2 unspecified atom stereocenters. The van der Waals surface area contributed by atoms with Gasteiger partial charge in [-0.2, -0.15) is 4.91 Å². The van der Waals surface area contributed by atoms with Crippen LogP contribution in [-0.2, 0) is 4.79 Å². The van der Waals surface area contributed by atoms with Gasteiger partial charge in [-0.25, -0.2) is 0 Å². The van der Waals surface area contributed by atoms with Crippen LogP contribution < -0.4 is 5.73 Å². The largest absolute Gasteiger partial charge is 0.320 e. The van der Waals surface area contributed by atoms with Gasteiger partial charge in [-0.05, 0) is 13.8 Å². The van der Waals surface area contributed by atoms with Gasteiger partial charge < -0.3 is 5.73 Å². The van der Waals surface area contributed by atoms with Gasteiger partial charge in [-0.15, -0.1) is 0 Å². The van der Waals surface area contributed by atoms with Crippen molar-refractivity contribution in [3.8, 4) is 0 Å². The van der Waals surface area contributed by atoms with E-state index in [1.807, 2.05) is 0 Å². The number of nitrogens with two attached hydrogens (primary N) is 1. The van der Waals surface area contributed by atoms with Crippen molar-refractivity contribution in [1.82, 2.24) is 0 Å². The van der Waals surface area contributed by atoms with Crippen LogP contribution in [0.4, 0.5) is 0 Å². The normalized spacial score (nSPS) is 16.3. The van der Waals surface area contributed by atoms with Crippen LogP contribution in [0.2, 0.25) is 0 Å². The molecule has 0 bridgehead atoms. The molecule has 0 aromatic carbocycles. The van der Waals surface area contributed by atoms with Gasteiger partial charge in [0.2, 0.25) is 0 Å². The summed E-state index contributed by atoms with van der Waals surface area (Å²) in [6.07, 6.45) is 0. The monoisotopic (exact) mass is 130 g/mol. The third-order valence-electron chi connectivity index (χ3n) is 1.16. The Bertz CT molecular complexity index is 124. The number of hydrogen-bond acceptors (Lipinski definition) is 4. The highest BCUT2D eigenvalue weighted by atomic mass is 16.3. The summed E-state index contributed by atoms with van der Waals surface area (Å²) in [4.78, 5) is 20.2. The highest BCUT2D eigenvalue weighted by Crippen LogP contribution is 1.94. The lowest BCUT2D eigenvalue weighted by Gasteiger charge is -2.07. The van der Waals surface area contributed by atoms with Crippen LogP contribution in [0.5, 0.6) is 0 Å². The molecule has 2 atom stereocenters. The lowest BCUT2D eigenvalue weighted by atomic mass is 10.1. The molecule has 0 aromatic heterocycles. The fourth-order valence-corrected chi connectivity index (χ4v) is 0.405. The van der Waals surface area contributed by atoms with Crippen molar-refractivity contribution < 1.29 is 4.79 Å². The average molecular weight is 130 g/mol. The molecule has 0 aliphatic carbocycles. The quantitative estimate of drug-likeness (QED) is 0.549. The first kappa shape index (κ1) is 8.23. The molecular weight excluding hydrogens is 120 g/mol. The first-order chi connectivity index (χ1) is 4.09. The Morgan fingerprint density at radius 2 is 2.11 bits per heavy atom. The van der Waals surface area contributed by atoms with E-state index in [0.29, 0.717) is 0 Å². The zero-order valence-electron chi connectivity index (χ0n) is 5.50. The predicted octanol–water partition coefficient (Wildman–Crippen LogP) is 0.0576. The number of nitrogens with zero attached hydrogens (tertiary/aromatic N) is 1. The van der Waals surface area contributed by atoms with E-state index >= 15 is 0 Å². The minimum Gasteiger partial charge on any atom is -0.320 e. The number of carbonyl (C=O) groups excluding carboxylic acids is 1. The second-order valence-corrected chi connectivity index (χ2v) is 1.98. The summed E-state index contributed by atoms with van der Waals surface area (Å²) in [5, 5.41) is 2.61. The molecule has 0 rings (SSSR count). The van der Waals surface area contributed by atoms with Crippen LogP contribution in [0.3, 0.4) is 0 Å². The summed E-state index contributed by atoms with van der Waals surface area (Å²) >= 11 is 0.